The summed E-state index contributed by atoms with van der Waals surface area (Å²) in [6, 6.07) is 5.24. The van der Waals surface area contributed by atoms with Gasteiger partial charge in [-0.3, -0.25) is 4.79 Å². The predicted octanol–water partition coefficient (Wildman–Crippen LogP) is 2.02. The lowest BCUT2D eigenvalue weighted by atomic mass is 9.97. The van der Waals surface area contributed by atoms with E-state index < -0.39 is 5.97 Å². The molecule has 0 aliphatic carbocycles. The minimum atomic E-state index is -0.811. The van der Waals surface area contributed by atoms with Gasteiger partial charge in [0.1, 0.15) is 5.82 Å². The van der Waals surface area contributed by atoms with E-state index in [2.05, 4.69) is 5.32 Å². The maximum atomic E-state index is 13.0. The van der Waals surface area contributed by atoms with E-state index in [-0.39, 0.29) is 30.4 Å². The fraction of sp³-hybridized carbons (Fsp3) is 0.500. The number of carboxylic acids is 1. The predicted molar refractivity (Wildman–Crippen MR) is 81.5 cm³/mol. The third-order valence-corrected chi connectivity index (χ3v) is 4.03. The van der Waals surface area contributed by atoms with Crippen LogP contribution < -0.4 is 5.32 Å². The van der Waals surface area contributed by atoms with Crippen molar-refractivity contribution in [3.05, 3.63) is 35.6 Å². The Labute approximate surface area is 134 Å². The van der Waals surface area contributed by atoms with E-state index in [9.17, 15) is 14.0 Å². The molecule has 1 unspecified atom stereocenters. The average Bonchev–Trinajstić information content (AvgIpc) is 2.55. The molecular weight excluding hydrogens is 303 g/mol. The number of nitrogens with zero attached hydrogens (tertiary/aromatic N) is 1. The average molecular weight is 324 g/mol. The molecule has 1 saturated heterocycles. The van der Waals surface area contributed by atoms with E-state index in [0.29, 0.717) is 25.9 Å². The Bertz CT molecular complexity index is 542. The van der Waals surface area contributed by atoms with Crippen molar-refractivity contribution >= 4 is 12.0 Å². The number of urea groups is 1. The molecule has 2 amide bonds. The smallest absolute Gasteiger partial charge is 0.317 e. The van der Waals surface area contributed by atoms with Gasteiger partial charge in [0.25, 0.3) is 0 Å². The first-order valence-electron chi connectivity index (χ1n) is 7.54. The molecule has 1 fully saturated rings. The Balaban J connectivity index is 1.96. The second kappa shape index (κ2) is 7.92. The summed E-state index contributed by atoms with van der Waals surface area (Å²) in [7, 11) is 1.53. The number of nitrogens with one attached hydrogen (secondary N) is 1. The molecule has 2 N–H and O–H groups in total. The van der Waals surface area contributed by atoms with Crippen LogP contribution in [0.1, 0.15) is 24.4 Å². The number of carbonyl (C=O) groups excluding carboxylic acids is 1. The third kappa shape index (κ3) is 4.66. The molecule has 0 saturated carbocycles. The Morgan fingerprint density at radius 1 is 1.35 bits per heavy atom. The number of methoxy groups -OCH3 is 1. The fourth-order valence-electron chi connectivity index (χ4n) is 2.65. The van der Waals surface area contributed by atoms with E-state index in [0.717, 1.165) is 5.56 Å². The lowest BCUT2D eigenvalue weighted by molar-refractivity contribution is -0.143. The van der Waals surface area contributed by atoms with Crippen LogP contribution in [0.2, 0.25) is 0 Å². The first kappa shape index (κ1) is 17.2. The highest BCUT2D eigenvalue weighted by atomic mass is 19.1. The molecule has 2 rings (SSSR count). The van der Waals surface area contributed by atoms with Gasteiger partial charge in [0.15, 0.2) is 0 Å². The third-order valence-electron chi connectivity index (χ3n) is 4.03. The van der Waals surface area contributed by atoms with Crippen LogP contribution in [0.25, 0.3) is 0 Å². The number of hydrogen-bond donors (Lipinski definition) is 2. The Kier molecular flexibility index (Phi) is 5.92. The number of piperidine rings is 1. The van der Waals surface area contributed by atoms with E-state index in [4.69, 9.17) is 9.84 Å². The van der Waals surface area contributed by atoms with Crippen molar-refractivity contribution in [3.8, 4) is 0 Å². The zero-order chi connectivity index (χ0) is 16.8. The van der Waals surface area contributed by atoms with E-state index in [1.807, 2.05) is 0 Å². The van der Waals surface area contributed by atoms with Gasteiger partial charge in [-0.1, -0.05) is 12.1 Å². The van der Waals surface area contributed by atoms with E-state index >= 15 is 0 Å². The van der Waals surface area contributed by atoms with Crippen molar-refractivity contribution in [1.82, 2.24) is 10.2 Å². The summed E-state index contributed by atoms with van der Waals surface area (Å²) < 4.78 is 18.1. The van der Waals surface area contributed by atoms with Crippen LogP contribution >= 0.6 is 0 Å². The molecule has 126 valence electrons. The summed E-state index contributed by atoms with van der Waals surface area (Å²) in [6.45, 7) is 1.08. The van der Waals surface area contributed by atoms with Crippen LogP contribution in [0, 0.1) is 11.7 Å². The number of likely N-dealkylation sites (tertiary alicyclic amines) is 1. The van der Waals surface area contributed by atoms with Crippen molar-refractivity contribution < 1.29 is 23.8 Å². The highest BCUT2D eigenvalue weighted by molar-refractivity contribution is 5.76. The molecule has 0 aromatic heterocycles. The molecule has 1 aliphatic heterocycles. The van der Waals surface area contributed by atoms with Gasteiger partial charge in [-0.05, 0) is 30.5 Å². The number of carboxylic acid groups (broad SMARTS) is 1. The summed E-state index contributed by atoms with van der Waals surface area (Å²) in [6.07, 6.45) is 0.905. The molecular formula is C16H21FN2O4. The number of aliphatic carboxylic acids is 1. The highest BCUT2D eigenvalue weighted by Gasteiger charge is 2.28. The number of halogens is 1. The maximum absolute atomic E-state index is 13.0. The first-order chi connectivity index (χ1) is 11.0. The highest BCUT2D eigenvalue weighted by Crippen LogP contribution is 2.19. The van der Waals surface area contributed by atoms with Crippen LogP contribution in [-0.4, -0.2) is 48.8 Å². The van der Waals surface area contributed by atoms with Gasteiger partial charge in [0, 0.05) is 20.2 Å². The number of benzene rings is 1. The van der Waals surface area contributed by atoms with Gasteiger partial charge < -0.3 is 20.1 Å². The topological polar surface area (TPSA) is 78.9 Å². The van der Waals surface area contributed by atoms with E-state index in [1.165, 1.54) is 19.2 Å². The molecule has 1 heterocycles. The van der Waals surface area contributed by atoms with Gasteiger partial charge >= 0.3 is 12.0 Å². The molecule has 23 heavy (non-hydrogen) atoms. The lowest BCUT2D eigenvalue weighted by Crippen LogP contribution is -2.47. The number of amides is 2. The van der Waals surface area contributed by atoms with Crippen molar-refractivity contribution in [2.45, 2.75) is 18.9 Å². The summed E-state index contributed by atoms with van der Waals surface area (Å²) in [4.78, 5) is 24.9. The molecule has 1 aromatic rings. The SMILES string of the molecule is COCC(NC(=O)N1CCC(C(=O)O)CC1)c1ccc(F)cc1. The molecule has 7 heteroatoms. The van der Waals surface area contributed by atoms with Crippen LogP contribution in [0.4, 0.5) is 9.18 Å². The minimum Gasteiger partial charge on any atom is -0.481 e. The van der Waals surface area contributed by atoms with Gasteiger partial charge in [-0.2, -0.15) is 0 Å². The Hall–Kier alpha value is -2.15. The first-order valence-corrected chi connectivity index (χ1v) is 7.54. The second-order valence-corrected chi connectivity index (χ2v) is 5.61. The zero-order valence-corrected chi connectivity index (χ0v) is 13.0. The van der Waals surface area contributed by atoms with Crippen molar-refractivity contribution in [2.24, 2.45) is 5.92 Å². The van der Waals surface area contributed by atoms with Crippen LogP contribution in [0.3, 0.4) is 0 Å². The maximum Gasteiger partial charge on any atom is 0.317 e. The van der Waals surface area contributed by atoms with Crippen molar-refractivity contribution in [1.29, 1.82) is 0 Å². The van der Waals surface area contributed by atoms with Crippen molar-refractivity contribution in [3.63, 3.8) is 0 Å². The molecule has 1 aromatic carbocycles. The number of rotatable bonds is 5. The lowest BCUT2D eigenvalue weighted by Gasteiger charge is -2.31. The molecule has 1 aliphatic rings. The van der Waals surface area contributed by atoms with Gasteiger partial charge in [-0.15, -0.1) is 0 Å². The molecule has 6 nitrogen and oxygen atoms in total. The molecule has 1 atom stereocenters. The standard InChI is InChI=1S/C16H21FN2O4/c1-23-10-14(11-2-4-13(17)5-3-11)18-16(22)19-8-6-12(7-9-19)15(20)21/h2-5,12,14H,6-10H2,1H3,(H,18,22)(H,20,21). The summed E-state index contributed by atoms with van der Waals surface area (Å²) in [5.74, 6) is -1.54. The van der Waals surface area contributed by atoms with Gasteiger partial charge in [-0.25, -0.2) is 9.18 Å². The monoisotopic (exact) mass is 324 g/mol. The minimum absolute atomic E-state index is 0.264. The normalized spacial score (nSPS) is 16.9. The fourth-order valence-corrected chi connectivity index (χ4v) is 2.65. The summed E-state index contributed by atoms with van der Waals surface area (Å²) in [5, 5.41) is 11.8. The zero-order valence-electron chi connectivity index (χ0n) is 13.0. The number of ether oxygens (including phenoxy) is 1. The Morgan fingerprint density at radius 2 is 1.96 bits per heavy atom. The second-order valence-electron chi connectivity index (χ2n) is 5.61. The quantitative estimate of drug-likeness (QED) is 0.868. The summed E-state index contributed by atoms with van der Waals surface area (Å²) in [5.41, 5.74) is 0.752. The molecule has 0 spiro atoms. The van der Waals surface area contributed by atoms with Crippen molar-refractivity contribution in [2.75, 3.05) is 26.8 Å². The van der Waals surface area contributed by atoms with Crippen LogP contribution in [-0.2, 0) is 9.53 Å². The number of hydrogen-bond acceptors (Lipinski definition) is 3. The Morgan fingerprint density at radius 3 is 2.48 bits per heavy atom. The van der Waals surface area contributed by atoms with E-state index in [1.54, 1.807) is 17.0 Å². The van der Waals surface area contributed by atoms with Gasteiger partial charge in [0.05, 0.1) is 18.6 Å². The molecule has 0 radical (unpaired) electrons. The molecule has 0 bridgehead atoms. The largest absolute Gasteiger partial charge is 0.481 e. The van der Waals surface area contributed by atoms with Crippen LogP contribution in [0.5, 0.6) is 0 Å². The van der Waals surface area contributed by atoms with Gasteiger partial charge in [0.2, 0.25) is 0 Å². The summed E-state index contributed by atoms with van der Waals surface area (Å²) >= 11 is 0. The number of carbonyl (C=O) groups is 2. The van der Waals surface area contributed by atoms with Crippen LogP contribution in [0.15, 0.2) is 24.3 Å².